The molecule has 2 rings (SSSR count). The Morgan fingerprint density at radius 3 is 2.19 bits per heavy atom. The van der Waals surface area contributed by atoms with E-state index in [1.54, 1.807) is 32.0 Å². The summed E-state index contributed by atoms with van der Waals surface area (Å²) in [5.41, 5.74) is -0.839. The molecule has 0 bridgehead atoms. The molecular formula is C21H21N3O8. The molecule has 1 atom stereocenters. The highest BCUT2D eigenvalue weighted by atomic mass is 16.6. The van der Waals surface area contributed by atoms with Gasteiger partial charge in [0.2, 0.25) is 6.10 Å². The fraction of sp³-hybridized carbons (Fsp3) is 0.238. The topological polar surface area (TPSA) is 154 Å². The summed E-state index contributed by atoms with van der Waals surface area (Å²) >= 11 is 0. The monoisotopic (exact) mass is 443 g/mol. The Balaban J connectivity index is 2.38. The van der Waals surface area contributed by atoms with Crippen LogP contribution in [0.15, 0.2) is 48.5 Å². The molecule has 168 valence electrons. The predicted octanol–water partition coefficient (Wildman–Crippen LogP) is 2.52. The third-order valence-corrected chi connectivity index (χ3v) is 4.01. The number of hydrogen-bond acceptors (Lipinski definition) is 8. The number of nitrogens with one attached hydrogen (secondary N) is 2. The van der Waals surface area contributed by atoms with Crippen molar-refractivity contribution < 1.29 is 33.6 Å². The number of nitro groups is 1. The third kappa shape index (κ3) is 6.36. The lowest BCUT2D eigenvalue weighted by Gasteiger charge is -2.18. The number of hydrogen-bond donors (Lipinski definition) is 2. The van der Waals surface area contributed by atoms with Crippen molar-refractivity contribution in [2.24, 2.45) is 0 Å². The van der Waals surface area contributed by atoms with Gasteiger partial charge >= 0.3 is 18.0 Å². The van der Waals surface area contributed by atoms with Gasteiger partial charge < -0.3 is 14.8 Å². The van der Waals surface area contributed by atoms with E-state index in [0.717, 1.165) is 18.2 Å². The van der Waals surface area contributed by atoms with Crippen molar-refractivity contribution in [3.05, 3.63) is 75.3 Å². The zero-order valence-electron chi connectivity index (χ0n) is 17.3. The van der Waals surface area contributed by atoms with Crippen LogP contribution in [0.5, 0.6) is 0 Å². The van der Waals surface area contributed by atoms with E-state index in [9.17, 15) is 29.3 Å². The molecule has 0 saturated carbocycles. The maximum absolute atomic E-state index is 12.8. The van der Waals surface area contributed by atoms with Gasteiger partial charge in [0.15, 0.2) is 0 Å². The number of urea groups is 1. The van der Waals surface area contributed by atoms with E-state index in [2.05, 4.69) is 10.6 Å². The number of benzene rings is 2. The number of esters is 2. The van der Waals surface area contributed by atoms with Gasteiger partial charge in [0, 0.05) is 24.2 Å². The maximum Gasteiger partial charge on any atom is 0.339 e. The predicted molar refractivity (Wildman–Crippen MR) is 111 cm³/mol. The largest absolute Gasteiger partial charge is 0.462 e. The summed E-state index contributed by atoms with van der Waals surface area (Å²) in [6.07, 6.45) is -1.53. The Hall–Kier alpha value is -4.28. The summed E-state index contributed by atoms with van der Waals surface area (Å²) < 4.78 is 10.1. The number of rotatable bonds is 8. The average molecular weight is 443 g/mol. The van der Waals surface area contributed by atoms with Gasteiger partial charge in [-0.1, -0.05) is 30.3 Å². The van der Waals surface area contributed by atoms with E-state index in [-0.39, 0.29) is 29.8 Å². The fourth-order valence-electron chi connectivity index (χ4n) is 2.62. The first-order valence-electron chi connectivity index (χ1n) is 9.58. The summed E-state index contributed by atoms with van der Waals surface area (Å²) in [7, 11) is 0. The maximum atomic E-state index is 12.8. The van der Waals surface area contributed by atoms with Crippen LogP contribution in [0.4, 0.5) is 10.5 Å². The number of carbonyl (C=O) groups is 4. The Morgan fingerprint density at radius 2 is 1.62 bits per heavy atom. The number of amides is 3. The minimum Gasteiger partial charge on any atom is -0.462 e. The van der Waals surface area contributed by atoms with Crippen molar-refractivity contribution in [2.45, 2.75) is 20.0 Å². The van der Waals surface area contributed by atoms with Gasteiger partial charge in [-0.15, -0.1) is 0 Å². The summed E-state index contributed by atoms with van der Waals surface area (Å²) in [6.45, 7) is 3.50. The molecule has 2 aromatic carbocycles. The SMILES string of the molecule is CCNC(=O)NC(=O)C(OC(=O)c1cc(C(=O)OCC)cc([N+](=O)[O-])c1)c1ccccc1. The van der Waals surface area contributed by atoms with Crippen molar-refractivity contribution in [2.75, 3.05) is 13.2 Å². The number of non-ortho nitro benzene ring substituents is 1. The van der Waals surface area contributed by atoms with Crippen molar-refractivity contribution in [1.82, 2.24) is 10.6 Å². The number of imide groups is 1. The van der Waals surface area contributed by atoms with Crippen LogP contribution in [0, 0.1) is 10.1 Å². The van der Waals surface area contributed by atoms with Crippen LogP contribution in [0.1, 0.15) is 46.2 Å². The quantitative estimate of drug-likeness (QED) is 0.358. The van der Waals surface area contributed by atoms with Crippen LogP contribution in [-0.2, 0) is 14.3 Å². The van der Waals surface area contributed by atoms with E-state index < -0.39 is 40.6 Å². The van der Waals surface area contributed by atoms with Crippen LogP contribution in [-0.4, -0.2) is 42.0 Å². The molecule has 0 saturated heterocycles. The Bertz CT molecular complexity index is 1020. The minimum absolute atomic E-state index is 0.0252. The molecule has 3 amide bonds. The normalized spacial score (nSPS) is 11.1. The Kier molecular flexibility index (Phi) is 8.40. The van der Waals surface area contributed by atoms with Gasteiger partial charge in [-0.2, -0.15) is 0 Å². The molecule has 0 aromatic heterocycles. The number of nitrogens with zero attached hydrogens (tertiary/aromatic N) is 1. The third-order valence-electron chi connectivity index (χ3n) is 4.01. The first-order valence-corrected chi connectivity index (χ1v) is 9.58. The lowest BCUT2D eigenvalue weighted by atomic mass is 10.1. The molecule has 1 unspecified atom stereocenters. The number of nitro benzene ring substituents is 1. The molecule has 0 fully saturated rings. The smallest absolute Gasteiger partial charge is 0.339 e. The molecule has 0 aliphatic heterocycles. The lowest BCUT2D eigenvalue weighted by molar-refractivity contribution is -0.384. The van der Waals surface area contributed by atoms with E-state index >= 15 is 0 Å². The lowest BCUT2D eigenvalue weighted by Crippen LogP contribution is -2.42. The molecule has 0 aliphatic rings. The molecule has 11 heteroatoms. The molecule has 32 heavy (non-hydrogen) atoms. The summed E-state index contributed by atoms with van der Waals surface area (Å²) in [4.78, 5) is 59.6. The van der Waals surface area contributed by atoms with Crippen LogP contribution in [0.25, 0.3) is 0 Å². The van der Waals surface area contributed by atoms with E-state index in [1.165, 1.54) is 12.1 Å². The average Bonchev–Trinajstić information content (AvgIpc) is 2.77. The van der Waals surface area contributed by atoms with Gasteiger partial charge in [-0.05, 0) is 19.9 Å². The zero-order valence-corrected chi connectivity index (χ0v) is 17.3. The van der Waals surface area contributed by atoms with Gasteiger partial charge in [-0.3, -0.25) is 20.2 Å². The van der Waals surface area contributed by atoms with Gasteiger partial charge in [0.1, 0.15) is 0 Å². The second-order valence-electron chi connectivity index (χ2n) is 6.29. The number of carbonyl (C=O) groups excluding carboxylic acids is 4. The van der Waals surface area contributed by atoms with Gasteiger partial charge in [0.05, 0.1) is 22.7 Å². The first kappa shape index (κ1) is 24.0. The highest BCUT2D eigenvalue weighted by Crippen LogP contribution is 2.23. The van der Waals surface area contributed by atoms with E-state index in [0.29, 0.717) is 0 Å². The highest BCUT2D eigenvalue weighted by Gasteiger charge is 2.28. The summed E-state index contributed by atoms with van der Waals surface area (Å²) in [6, 6.07) is 10.0. The molecule has 0 radical (unpaired) electrons. The summed E-state index contributed by atoms with van der Waals surface area (Å²) in [5, 5.41) is 15.7. The van der Waals surface area contributed by atoms with Crippen LogP contribution >= 0.6 is 0 Å². The molecule has 0 spiro atoms. The van der Waals surface area contributed by atoms with Crippen molar-refractivity contribution in [3.8, 4) is 0 Å². The fourth-order valence-corrected chi connectivity index (χ4v) is 2.62. The highest BCUT2D eigenvalue weighted by molar-refractivity contribution is 6.00. The summed E-state index contributed by atoms with van der Waals surface area (Å²) in [5.74, 6) is -2.90. The van der Waals surface area contributed by atoms with Gasteiger partial charge in [-0.25, -0.2) is 14.4 Å². The molecule has 11 nitrogen and oxygen atoms in total. The standard InChI is InChI=1S/C21H21N3O8/c1-3-22-21(28)23-18(25)17(13-8-6-5-7-9-13)32-20(27)15-10-14(19(26)31-4-2)11-16(12-15)24(29)30/h5-12,17H,3-4H2,1-2H3,(H2,22,23,25,28). The van der Waals surface area contributed by atoms with E-state index in [4.69, 9.17) is 9.47 Å². The van der Waals surface area contributed by atoms with Crippen molar-refractivity contribution in [3.63, 3.8) is 0 Å². The van der Waals surface area contributed by atoms with Crippen LogP contribution in [0.3, 0.4) is 0 Å². The molecule has 2 N–H and O–H groups in total. The molecule has 0 aliphatic carbocycles. The first-order chi connectivity index (χ1) is 15.3. The Morgan fingerprint density at radius 1 is 1.00 bits per heavy atom. The Labute approximate surface area is 182 Å². The van der Waals surface area contributed by atoms with Gasteiger partial charge in [0.25, 0.3) is 11.6 Å². The van der Waals surface area contributed by atoms with Crippen molar-refractivity contribution in [1.29, 1.82) is 0 Å². The zero-order chi connectivity index (χ0) is 23.7. The minimum atomic E-state index is -1.53. The molecule has 0 heterocycles. The number of ether oxygens (including phenoxy) is 2. The van der Waals surface area contributed by atoms with E-state index in [1.807, 2.05) is 0 Å². The molecule has 2 aromatic rings. The second kappa shape index (κ2) is 11.2. The van der Waals surface area contributed by atoms with Crippen LogP contribution < -0.4 is 10.6 Å². The van der Waals surface area contributed by atoms with Crippen LogP contribution in [0.2, 0.25) is 0 Å². The molecular weight excluding hydrogens is 422 g/mol. The van der Waals surface area contributed by atoms with Crippen molar-refractivity contribution >= 4 is 29.6 Å². The second-order valence-corrected chi connectivity index (χ2v) is 6.29.